The third-order valence-electron chi connectivity index (χ3n) is 4.46. The second-order valence-electron chi connectivity index (χ2n) is 8.31. The quantitative estimate of drug-likeness (QED) is 0.709. The number of likely N-dealkylation sites (N-methyl/N-ethyl adjacent to an activating group) is 1. The lowest BCUT2D eigenvalue weighted by Gasteiger charge is -2.19. The summed E-state index contributed by atoms with van der Waals surface area (Å²) < 4.78 is 0. The van der Waals surface area contributed by atoms with Gasteiger partial charge in [0.25, 0.3) is 11.8 Å². The van der Waals surface area contributed by atoms with Crippen molar-refractivity contribution in [2.24, 2.45) is 0 Å². The van der Waals surface area contributed by atoms with Gasteiger partial charge in [-0.2, -0.15) is 0 Å². The lowest BCUT2D eigenvalue weighted by Crippen LogP contribution is -2.37. The summed E-state index contributed by atoms with van der Waals surface area (Å²) in [5, 5.41) is 5.62. The van der Waals surface area contributed by atoms with Gasteiger partial charge in [0.15, 0.2) is 0 Å². The molecule has 0 fully saturated rings. The molecule has 2 aromatic carbocycles. The molecular weight excluding hydrogens is 362 g/mol. The van der Waals surface area contributed by atoms with E-state index in [4.69, 9.17) is 0 Å². The highest BCUT2D eigenvalue weighted by Crippen LogP contribution is 2.22. The Morgan fingerprint density at radius 1 is 0.966 bits per heavy atom. The first kappa shape index (κ1) is 22.4. The minimum atomic E-state index is -0.314. The van der Waals surface area contributed by atoms with Crippen molar-refractivity contribution in [1.82, 2.24) is 15.5 Å². The highest BCUT2D eigenvalue weighted by atomic mass is 16.2. The van der Waals surface area contributed by atoms with Gasteiger partial charge in [0.2, 0.25) is 0 Å². The monoisotopic (exact) mass is 393 g/mol. The highest BCUT2D eigenvalue weighted by Gasteiger charge is 2.16. The third-order valence-corrected chi connectivity index (χ3v) is 4.46. The number of hydrogen-bond donors (Lipinski definition) is 2. The van der Waals surface area contributed by atoms with E-state index in [-0.39, 0.29) is 22.9 Å². The molecule has 0 aliphatic heterocycles. The van der Waals surface area contributed by atoms with E-state index in [2.05, 4.69) is 31.4 Å². The van der Waals surface area contributed by atoms with Crippen LogP contribution in [0.15, 0.2) is 60.3 Å². The summed E-state index contributed by atoms with van der Waals surface area (Å²) in [5.41, 5.74) is 2.84. The molecule has 0 radical (unpaired) electrons. The average molecular weight is 394 g/mol. The van der Waals surface area contributed by atoms with Crippen molar-refractivity contribution in [2.75, 3.05) is 27.2 Å². The second kappa shape index (κ2) is 10.0. The first-order valence-corrected chi connectivity index (χ1v) is 9.78. The average Bonchev–Trinajstić information content (AvgIpc) is 2.67. The van der Waals surface area contributed by atoms with Gasteiger partial charge in [0, 0.05) is 18.7 Å². The van der Waals surface area contributed by atoms with E-state index in [0.29, 0.717) is 18.7 Å². The molecule has 5 heteroatoms. The summed E-state index contributed by atoms with van der Waals surface area (Å²) in [6.45, 7) is 7.67. The number of nitrogens with zero attached hydrogens (tertiary/aromatic N) is 1. The van der Waals surface area contributed by atoms with Crippen molar-refractivity contribution in [3.05, 3.63) is 77.0 Å². The molecule has 0 aliphatic rings. The van der Waals surface area contributed by atoms with Crippen molar-refractivity contribution < 1.29 is 9.59 Å². The normalized spacial score (nSPS) is 12.0. The molecule has 5 nitrogen and oxygen atoms in total. The second-order valence-corrected chi connectivity index (χ2v) is 8.31. The SMILES string of the molecule is CN(C)CCNC(=O)C(=Cc1ccc(C(C)(C)C)cc1)NC(=O)c1ccccc1. The van der Waals surface area contributed by atoms with Crippen LogP contribution in [0.2, 0.25) is 0 Å². The van der Waals surface area contributed by atoms with Crippen molar-refractivity contribution in [2.45, 2.75) is 26.2 Å². The molecule has 2 amide bonds. The summed E-state index contributed by atoms with van der Waals surface area (Å²) in [4.78, 5) is 27.3. The molecule has 0 aromatic heterocycles. The van der Waals surface area contributed by atoms with E-state index in [1.165, 1.54) is 5.56 Å². The zero-order chi connectivity index (χ0) is 21.4. The van der Waals surface area contributed by atoms with Crippen LogP contribution < -0.4 is 10.6 Å². The summed E-state index contributed by atoms with van der Waals surface area (Å²) >= 11 is 0. The maximum Gasteiger partial charge on any atom is 0.267 e. The predicted molar refractivity (Wildman–Crippen MR) is 119 cm³/mol. The summed E-state index contributed by atoms with van der Waals surface area (Å²) in [6, 6.07) is 16.9. The Balaban J connectivity index is 2.24. The standard InChI is InChI=1S/C24H31N3O2/c1-24(2,3)20-13-11-18(12-14-20)17-21(23(29)25-15-16-27(4)5)26-22(28)19-9-7-6-8-10-19/h6-14,17H,15-16H2,1-5H3,(H,25,29)(H,26,28). The van der Waals surface area contributed by atoms with Crippen LogP contribution in [0.4, 0.5) is 0 Å². The van der Waals surface area contributed by atoms with E-state index in [9.17, 15) is 9.59 Å². The number of amides is 2. The molecule has 154 valence electrons. The van der Waals surface area contributed by atoms with E-state index in [1.54, 1.807) is 30.3 Å². The molecule has 2 rings (SSSR count). The molecule has 0 heterocycles. The molecule has 2 aromatic rings. The third kappa shape index (κ3) is 7.20. The molecule has 2 N–H and O–H groups in total. The van der Waals surface area contributed by atoms with Gasteiger partial charge in [-0.1, -0.05) is 63.2 Å². The largest absolute Gasteiger partial charge is 0.349 e. The van der Waals surface area contributed by atoms with Crippen LogP contribution in [-0.4, -0.2) is 43.9 Å². The number of carbonyl (C=O) groups excluding carboxylic acids is 2. The van der Waals surface area contributed by atoms with Gasteiger partial charge < -0.3 is 15.5 Å². The number of hydrogen-bond acceptors (Lipinski definition) is 3. The molecule has 29 heavy (non-hydrogen) atoms. The van der Waals surface area contributed by atoms with Crippen LogP contribution >= 0.6 is 0 Å². The number of benzene rings is 2. The highest BCUT2D eigenvalue weighted by molar-refractivity contribution is 6.05. The lowest BCUT2D eigenvalue weighted by molar-refractivity contribution is -0.117. The fourth-order valence-corrected chi connectivity index (χ4v) is 2.68. The summed E-state index contributed by atoms with van der Waals surface area (Å²) in [7, 11) is 3.88. The zero-order valence-electron chi connectivity index (χ0n) is 18.0. The molecule has 0 spiro atoms. The van der Waals surface area contributed by atoms with Gasteiger partial charge >= 0.3 is 0 Å². The Labute approximate surface area is 173 Å². The summed E-state index contributed by atoms with van der Waals surface area (Å²) in [6.07, 6.45) is 1.71. The molecule has 0 bridgehead atoms. The Kier molecular flexibility index (Phi) is 7.74. The molecular formula is C24H31N3O2. The Morgan fingerprint density at radius 3 is 2.14 bits per heavy atom. The molecule has 0 aliphatic carbocycles. The molecule has 0 saturated carbocycles. The van der Waals surface area contributed by atoms with Crippen LogP contribution in [-0.2, 0) is 10.2 Å². The van der Waals surface area contributed by atoms with Gasteiger partial charge in [-0.15, -0.1) is 0 Å². The van der Waals surface area contributed by atoms with Crippen LogP contribution in [0.25, 0.3) is 6.08 Å². The number of rotatable bonds is 7. The van der Waals surface area contributed by atoms with Gasteiger partial charge in [0.1, 0.15) is 5.70 Å². The van der Waals surface area contributed by atoms with Crippen molar-refractivity contribution >= 4 is 17.9 Å². The van der Waals surface area contributed by atoms with Crippen LogP contribution in [0.5, 0.6) is 0 Å². The van der Waals surface area contributed by atoms with E-state index in [1.807, 2.05) is 49.3 Å². The summed E-state index contributed by atoms with van der Waals surface area (Å²) in [5.74, 6) is -0.623. The Morgan fingerprint density at radius 2 is 1.59 bits per heavy atom. The van der Waals surface area contributed by atoms with Crippen molar-refractivity contribution in [1.29, 1.82) is 0 Å². The van der Waals surface area contributed by atoms with E-state index in [0.717, 1.165) is 5.56 Å². The number of carbonyl (C=O) groups is 2. The van der Waals surface area contributed by atoms with Crippen LogP contribution in [0, 0.1) is 0 Å². The van der Waals surface area contributed by atoms with Crippen molar-refractivity contribution in [3.8, 4) is 0 Å². The fraction of sp³-hybridized carbons (Fsp3) is 0.333. The minimum Gasteiger partial charge on any atom is -0.349 e. The van der Waals surface area contributed by atoms with E-state index < -0.39 is 0 Å². The maximum atomic E-state index is 12.7. The topological polar surface area (TPSA) is 61.4 Å². The first-order chi connectivity index (χ1) is 13.7. The minimum absolute atomic E-state index is 0.0517. The first-order valence-electron chi connectivity index (χ1n) is 9.78. The molecule has 0 atom stereocenters. The lowest BCUT2D eigenvalue weighted by atomic mass is 9.86. The molecule has 0 unspecified atom stereocenters. The molecule has 0 saturated heterocycles. The van der Waals surface area contributed by atoms with Gasteiger partial charge in [0.05, 0.1) is 0 Å². The Bertz CT molecular complexity index is 848. The van der Waals surface area contributed by atoms with E-state index >= 15 is 0 Å². The van der Waals surface area contributed by atoms with Gasteiger partial charge in [-0.3, -0.25) is 9.59 Å². The Hall–Kier alpha value is -2.92. The van der Waals surface area contributed by atoms with Gasteiger partial charge in [-0.05, 0) is 48.8 Å². The van der Waals surface area contributed by atoms with Gasteiger partial charge in [-0.25, -0.2) is 0 Å². The number of nitrogens with one attached hydrogen (secondary N) is 2. The van der Waals surface area contributed by atoms with Crippen molar-refractivity contribution in [3.63, 3.8) is 0 Å². The maximum absolute atomic E-state index is 12.7. The van der Waals surface area contributed by atoms with Crippen LogP contribution in [0.3, 0.4) is 0 Å². The smallest absolute Gasteiger partial charge is 0.267 e. The zero-order valence-corrected chi connectivity index (χ0v) is 18.0. The predicted octanol–water partition coefficient (Wildman–Crippen LogP) is 3.43. The fourth-order valence-electron chi connectivity index (χ4n) is 2.68. The van der Waals surface area contributed by atoms with Crippen LogP contribution in [0.1, 0.15) is 42.3 Å².